The van der Waals surface area contributed by atoms with Crippen LogP contribution in [0.5, 0.6) is 5.75 Å². The molecule has 146 valence electrons. The second kappa shape index (κ2) is 8.22. The van der Waals surface area contributed by atoms with Crippen molar-refractivity contribution in [1.29, 1.82) is 0 Å². The summed E-state index contributed by atoms with van der Waals surface area (Å²) in [6.45, 7) is -3.17. The lowest BCUT2D eigenvalue weighted by Gasteiger charge is -2.15. The molecule has 0 bridgehead atoms. The molecule has 0 saturated carbocycles. The molecular weight excluding hydrogens is 420 g/mol. The Labute approximate surface area is 164 Å². The molecule has 0 spiro atoms. The van der Waals surface area contributed by atoms with Gasteiger partial charge in [0, 0.05) is 12.4 Å². The molecule has 2 heterocycles. The molecular formula is C14H10ClF2N7O3S. The maximum absolute atomic E-state index is 12.7. The van der Waals surface area contributed by atoms with E-state index in [1.165, 1.54) is 34.0 Å². The normalized spacial score (nSPS) is 10.8. The van der Waals surface area contributed by atoms with E-state index >= 15 is 0 Å². The average Bonchev–Trinajstić information content (AvgIpc) is 3.30. The molecule has 3 rings (SSSR count). The number of rotatable bonds is 6. The summed E-state index contributed by atoms with van der Waals surface area (Å²) in [7, 11) is 1.50. The number of thiazole rings is 1. The third-order valence-corrected chi connectivity index (χ3v) is 4.29. The van der Waals surface area contributed by atoms with E-state index in [1.807, 2.05) is 0 Å². The van der Waals surface area contributed by atoms with Crippen LogP contribution in [0.2, 0.25) is 5.02 Å². The van der Waals surface area contributed by atoms with Crippen molar-refractivity contribution in [1.82, 2.24) is 25.2 Å². The molecule has 0 atom stereocenters. The SMILES string of the molecule is Cn1nnnc1NC(=O)c1ccc(OC(F)F)c(NC(=O)c2cscn2)c1Cl. The maximum Gasteiger partial charge on any atom is 0.387 e. The quantitative estimate of drug-likeness (QED) is 0.616. The zero-order valence-electron chi connectivity index (χ0n) is 13.9. The Morgan fingerprint density at radius 1 is 1.29 bits per heavy atom. The predicted molar refractivity (Wildman–Crippen MR) is 94.9 cm³/mol. The summed E-state index contributed by atoms with van der Waals surface area (Å²) < 4.78 is 31.0. The Hall–Kier alpha value is -3.19. The van der Waals surface area contributed by atoms with Crippen molar-refractivity contribution in [2.75, 3.05) is 10.6 Å². The van der Waals surface area contributed by atoms with Gasteiger partial charge in [-0.3, -0.25) is 14.9 Å². The number of anilines is 2. The molecule has 2 N–H and O–H groups in total. The molecule has 0 aliphatic heterocycles. The number of benzene rings is 1. The lowest BCUT2D eigenvalue weighted by molar-refractivity contribution is -0.0493. The highest BCUT2D eigenvalue weighted by Gasteiger charge is 2.23. The van der Waals surface area contributed by atoms with Crippen LogP contribution in [0.4, 0.5) is 20.4 Å². The molecule has 0 saturated heterocycles. The van der Waals surface area contributed by atoms with Crippen LogP contribution in [0, 0.1) is 0 Å². The van der Waals surface area contributed by atoms with Gasteiger partial charge in [-0.15, -0.1) is 11.3 Å². The number of aryl methyl sites for hydroxylation is 1. The highest BCUT2D eigenvalue weighted by Crippen LogP contribution is 2.37. The summed E-state index contributed by atoms with van der Waals surface area (Å²) in [5.74, 6) is -1.82. The van der Waals surface area contributed by atoms with Gasteiger partial charge in [-0.05, 0) is 22.6 Å². The molecule has 2 aromatic heterocycles. The number of carbonyl (C=O) groups excluding carboxylic acids is 2. The number of amides is 2. The number of nitrogens with one attached hydrogen (secondary N) is 2. The van der Waals surface area contributed by atoms with E-state index in [1.54, 1.807) is 0 Å². The Bertz CT molecular complexity index is 1010. The number of hydrogen-bond donors (Lipinski definition) is 2. The van der Waals surface area contributed by atoms with E-state index < -0.39 is 24.2 Å². The van der Waals surface area contributed by atoms with Gasteiger partial charge in [0.05, 0.1) is 16.1 Å². The van der Waals surface area contributed by atoms with Crippen molar-refractivity contribution >= 4 is 46.4 Å². The molecule has 28 heavy (non-hydrogen) atoms. The summed E-state index contributed by atoms with van der Waals surface area (Å²) in [6.07, 6.45) is 0. The first-order valence-electron chi connectivity index (χ1n) is 7.37. The summed E-state index contributed by atoms with van der Waals surface area (Å²) in [5, 5.41) is 16.4. The first-order valence-corrected chi connectivity index (χ1v) is 8.69. The fourth-order valence-electron chi connectivity index (χ4n) is 2.05. The van der Waals surface area contributed by atoms with Crippen LogP contribution >= 0.6 is 22.9 Å². The van der Waals surface area contributed by atoms with Crippen molar-refractivity contribution < 1.29 is 23.1 Å². The fraction of sp³-hybridized carbons (Fsp3) is 0.143. The van der Waals surface area contributed by atoms with Crippen LogP contribution in [-0.2, 0) is 7.05 Å². The Balaban J connectivity index is 1.95. The molecule has 0 radical (unpaired) electrons. The molecule has 2 amide bonds. The predicted octanol–water partition coefficient (Wildman–Crippen LogP) is 2.43. The largest absolute Gasteiger partial charge is 0.433 e. The van der Waals surface area contributed by atoms with Gasteiger partial charge >= 0.3 is 6.61 Å². The minimum Gasteiger partial charge on any atom is -0.433 e. The molecule has 14 heteroatoms. The van der Waals surface area contributed by atoms with Crippen LogP contribution < -0.4 is 15.4 Å². The smallest absolute Gasteiger partial charge is 0.387 e. The Morgan fingerprint density at radius 2 is 2.07 bits per heavy atom. The van der Waals surface area contributed by atoms with Crippen LogP contribution in [0.15, 0.2) is 23.0 Å². The van der Waals surface area contributed by atoms with Crippen molar-refractivity contribution in [2.45, 2.75) is 6.61 Å². The molecule has 1 aromatic carbocycles. The third-order valence-electron chi connectivity index (χ3n) is 3.31. The summed E-state index contributed by atoms with van der Waals surface area (Å²) in [6, 6.07) is 2.25. The van der Waals surface area contributed by atoms with Crippen LogP contribution in [0.1, 0.15) is 20.8 Å². The second-order valence-electron chi connectivity index (χ2n) is 5.09. The van der Waals surface area contributed by atoms with Gasteiger partial charge in [-0.1, -0.05) is 16.7 Å². The number of halogens is 3. The van der Waals surface area contributed by atoms with E-state index in [0.717, 1.165) is 12.1 Å². The fourth-order valence-corrected chi connectivity index (χ4v) is 2.87. The molecule has 0 unspecified atom stereocenters. The number of nitrogens with zero attached hydrogens (tertiary/aromatic N) is 5. The monoisotopic (exact) mass is 429 g/mol. The van der Waals surface area contributed by atoms with Gasteiger partial charge in [0.15, 0.2) is 5.75 Å². The highest BCUT2D eigenvalue weighted by molar-refractivity contribution is 7.07. The average molecular weight is 430 g/mol. The van der Waals surface area contributed by atoms with Crippen molar-refractivity contribution in [3.8, 4) is 5.75 Å². The summed E-state index contributed by atoms with van der Waals surface area (Å²) in [4.78, 5) is 28.5. The van der Waals surface area contributed by atoms with E-state index in [4.69, 9.17) is 11.6 Å². The van der Waals surface area contributed by atoms with Crippen LogP contribution in [0.3, 0.4) is 0 Å². The zero-order valence-corrected chi connectivity index (χ0v) is 15.5. The topological polar surface area (TPSA) is 124 Å². The molecule has 3 aromatic rings. The third kappa shape index (κ3) is 4.20. The van der Waals surface area contributed by atoms with Gasteiger partial charge in [-0.2, -0.15) is 8.78 Å². The van der Waals surface area contributed by atoms with Gasteiger partial charge in [0.25, 0.3) is 11.8 Å². The highest BCUT2D eigenvalue weighted by atomic mass is 35.5. The maximum atomic E-state index is 12.7. The molecule has 10 nitrogen and oxygen atoms in total. The second-order valence-corrected chi connectivity index (χ2v) is 6.18. The Kier molecular flexibility index (Phi) is 5.75. The first-order chi connectivity index (χ1) is 13.4. The van der Waals surface area contributed by atoms with Gasteiger partial charge < -0.3 is 10.1 Å². The number of carbonyl (C=O) groups is 2. The Morgan fingerprint density at radius 3 is 2.68 bits per heavy atom. The first kappa shape index (κ1) is 19.6. The van der Waals surface area contributed by atoms with Gasteiger partial charge in [0.2, 0.25) is 5.95 Å². The van der Waals surface area contributed by atoms with Gasteiger partial charge in [-0.25, -0.2) is 9.67 Å². The van der Waals surface area contributed by atoms with E-state index in [2.05, 4.69) is 35.9 Å². The molecule has 0 fully saturated rings. The minimum atomic E-state index is -3.17. The number of tetrazole rings is 1. The molecule has 0 aliphatic rings. The van der Waals surface area contributed by atoms with Crippen molar-refractivity contribution in [3.63, 3.8) is 0 Å². The lowest BCUT2D eigenvalue weighted by Crippen LogP contribution is -2.19. The minimum absolute atomic E-state index is 0.0297. The molecule has 0 aliphatic carbocycles. The number of alkyl halides is 2. The zero-order chi connectivity index (χ0) is 20.3. The van der Waals surface area contributed by atoms with E-state index in [0.29, 0.717) is 0 Å². The van der Waals surface area contributed by atoms with Crippen LogP contribution in [-0.4, -0.2) is 43.6 Å². The van der Waals surface area contributed by atoms with Crippen LogP contribution in [0.25, 0.3) is 0 Å². The van der Waals surface area contributed by atoms with Crippen molar-refractivity contribution in [3.05, 3.63) is 39.3 Å². The van der Waals surface area contributed by atoms with Gasteiger partial charge in [0.1, 0.15) is 11.4 Å². The summed E-state index contributed by atoms with van der Waals surface area (Å²) in [5.41, 5.74) is 1.04. The standard InChI is InChI=1S/C14H10ClF2N7O3S/c1-24-14(21-22-23-24)20-11(25)6-2-3-8(27-13(16)17)10(9(6)15)19-12(26)7-4-28-5-18-7/h2-5,13H,1H3,(H,19,26)(H,20,21,23,25). The van der Waals surface area contributed by atoms with E-state index in [-0.39, 0.29) is 27.9 Å². The number of ether oxygens (including phenoxy) is 1. The summed E-state index contributed by atoms with van der Waals surface area (Å²) >= 11 is 7.37. The number of hydrogen-bond acceptors (Lipinski definition) is 8. The lowest BCUT2D eigenvalue weighted by atomic mass is 10.1. The van der Waals surface area contributed by atoms with Crippen molar-refractivity contribution in [2.24, 2.45) is 7.05 Å². The van der Waals surface area contributed by atoms with E-state index in [9.17, 15) is 18.4 Å². The number of aromatic nitrogens is 5.